The summed E-state index contributed by atoms with van der Waals surface area (Å²) in [6, 6.07) is 12.3. The molecule has 1 unspecified atom stereocenters. The van der Waals surface area contributed by atoms with Crippen LogP contribution >= 0.6 is 11.3 Å². The molecule has 2 saturated heterocycles. The molecule has 2 amide bonds. The third-order valence-corrected chi connectivity index (χ3v) is 9.77. The van der Waals surface area contributed by atoms with Crippen molar-refractivity contribution >= 4 is 23.2 Å². The third-order valence-electron chi connectivity index (χ3n) is 8.65. The number of rotatable bonds is 8. The Kier molecular flexibility index (Phi) is 8.20. The fourth-order valence-electron chi connectivity index (χ4n) is 6.51. The summed E-state index contributed by atoms with van der Waals surface area (Å²) in [6.45, 7) is 5.30. The van der Waals surface area contributed by atoms with Crippen molar-refractivity contribution in [2.75, 3.05) is 26.7 Å². The van der Waals surface area contributed by atoms with Gasteiger partial charge in [-0.3, -0.25) is 14.5 Å². The van der Waals surface area contributed by atoms with Gasteiger partial charge in [0, 0.05) is 35.9 Å². The van der Waals surface area contributed by atoms with E-state index in [1.807, 2.05) is 28.4 Å². The van der Waals surface area contributed by atoms with Gasteiger partial charge in [0.25, 0.3) is 0 Å². The predicted octanol–water partition coefficient (Wildman–Crippen LogP) is 5.47. The van der Waals surface area contributed by atoms with Crippen molar-refractivity contribution < 1.29 is 14.3 Å². The first-order valence-electron chi connectivity index (χ1n) is 14.1. The highest BCUT2D eigenvalue weighted by Gasteiger charge is 2.53. The van der Waals surface area contributed by atoms with Gasteiger partial charge < -0.3 is 15.0 Å². The molecule has 37 heavy (non-hydrogen) atoms. The highest BCUT2D eigenvalue weighted by Crippen LogP contribution is 2.37. The van der Waals surface area contributed by atoms with E-state index in [0.29, 0.717) is 25.3 Å². The molecule has 0 bridgehead atoms. The van der Waals surface area contributed by atoms with E-state index in [1.165, 1.54) is 47.4 Å². The van der Waals surface area contributed by atoms with E-state index in [4.69, 9.17) is 4.74 Å². The standard InChI is InChI=1S/C30H41N3O3S/c1-3-17-33-28(34)26(20-22-7-5-4-6-8-22)31-29(35)30(33)15-18-32(19-16-30)21-25-13-14-27(37-25)23-9-11-24(36-2)12-10-23/h9-14,22,26H,3-8,15-21H2,1-2H3,(H,31,35). The molecule has 3 heterocycles. The fraction of sp³-hybridized carbons (Fsp3) is 0.600. The number of piperidine rings is 1. The normalized spacial score (nSPS) is 22.9. The Bertz CT molecular complexity index is 1070. The zero-order valence-corrected chi connectivity index (χ0v) is 23.2. The number of carbonyl (C=O) groups excluding carboxylic acids is 2. The maximum absolute atomic E-state index is 13.6. The first-order chi connectivity index (χ1) is 18.0. The van der Waals surface area contributed by atoms with Crippen LogP contribution in [0.15, 0.2) is 36.4 Å². The second kappa shape index (κ2) is 11.6. The van der Waals surface area contributed by atoms with Gasteiger partial charge in [-0.2, -0.15) is 0 Å². The number of amides is 2. The molecule has 1 aromatic carbocycles. The molecule has 1 atom stereocenters. The lowest BCUT2D eigenvalue weighted by molar-refractivity contribution is -0.162. The van der Waals surface area contributed by atoms with Crippen LogP contribution in [0.3, 0.4) is 0 Å². The van der Waals surface area contributed by atoms with Crippen molar-refractivity contribution in [3.63, 3.8) is 0 Å². The van der Waals surface area contributed by atoms with Crippen molar-refractivity contribution in [3.05, 3.63) is 41.3 Å². The summed E-state index contributed by atoms with van der Waals surface area (Å²) in [5.41, 5.74) is 0.515. The number of likely N-dealkylation sites (tertiary alicyclic amines) is 1. The van der Waals surface area contributed by atoms with Gasteiger partial charge in [-0.05, 0) is 73.6 Å². The van der Waals surface area contributed by atoms with Gasteiger partial charge in [-0.15, -0.1) is 11.3 Å². The number of thiophene rings is 1. The van der Waals surface area contributed by atoms with Crippen molar-refractivity contribution in [2.45, 2.75) is 82.8 Å². The lowest BCUT2D eigenvalue weighted by Gasteiger charge is -2.52. The second-order valence-electron chi connectivity index (χ2n) is 11.1. The molecule has 200 valence electrons. The molecule has 1 aromatic heterocycles. The minimum absolute atomic E-state index is 0.0823. The van der Waals surface area contributed by atoms with Crippen LogP contribution in [0, 0.1) is 5.92 Å². The second-order valence-corrected chi connectivity index (χ2v) is 12.2. The van der Waals surface area contributed by atoms with Crippen LogP contribution < -0.4 is 10.1 Å². The topological polar surface area (TPSA) is 61.9 Å². The number of hydrogen-bond donors (Lipinski definition) is 1. The van der Waals surface area contributed by atoms with Crippen LogP contribution in [0.2, 0.25) is 0 Å². The average Bonchev–Trinajstić information content (AvgIpc) is 3.40. The molecule has 5 rings (SSSR count). The van der Waals surface area contributed by atoms with Gasteiger partial charge in [0.05, 0.1) is 7.11 Å². The van der Waals surface area contributed by atoms with Gasteiger partial charge in [0.1, 0.15) is 17.3 Å². The van der Waals surface area contributed by atoms with E-state index in [1.54, 1.807) is 7.11 Å². The van der Waals surface area contributed by atoms with Gasteiger partial charge in [0.2, 0.25) is 11.8 Å². The van der Waals surface area contributed by atoms with Gasteiger partial charge in [-0.25, -0.2) is 0 Å². The summed E-state index contributed by atoms with van der Waals surface area (Å²) < 4.78 is 5.28. The maximum atomic E-state index is 13.6. The van der Waals surface area contributed by atoms with Crippen LogP contribution in [-0.4, -0.2) is 59.9 Å². The number of nitrogens with zero attached hydrogens (tertiary/aromatic N) is 2. The Morgan fingerprint density at radius 2 is 1.76 bits per heavy atom. The van der Waals surface area contributed by atoms with Crippen molar-refractivity contribution in [1.82, 2.24) is 15.1 Å². The highest BCUT2D eigenvalue weighted by atomic mass is 32.1. The summed E-state index contributed by atoms with van der Waals surface area (Å²) >= 11 is 1.82. The number of carbonyl (C=O) groups is 2. The smallest absolute Gasteiger partial charge is 0.246 e. The minimum Gasteiger partial charge on any atom is -0.497 e. The Hall–Kier alpha value is -2.38. The van der Waals surface area contributed by atoms with Crippen LogP contribution in [0.5, 0.6) is 5.75 Å². The van der Waals surface area contributed by atoms with Gasteiger partial charge >= 0.3 is 0 Å². The molecule has 3 fully saturated rings. The zero-order valence-electron chi connectivity index (χ0n) is 22.3. The summed E-state index contributed by atoms with van der Waals surface area (Å²) in [4.78, 5) is 34.2. The molecular formula is C30H41N3O3S. The first-order valence-corrected chi connectivity index (χ1v) is 14.9. The van der Waals surface area contributed by atoms with E-state index in [9.17, 15) is 9.59 Å². The van der Waals surface area contributed by atoms with E-state index in [2.05, 4.69) is 41.4 Å². The SMILES string of the molecule is CCCN1C(=O)C(CC2CCCCC2)NC(=O)C12CCN(Cc1ccc(-c3ccc(OC)cc3)s1)CC2. The predicted molar refractivity (Wildman–Crippen MR) is 149 cm³/mol. The third kappa shape index (κ3) is 5.58. The zero-order chi connectivity index (χ0) is 25.8. The molecule has 6 nitrogen and oxygen atoms in total. The van der Waals surface area contributed by atoms with E-state index >= 15 is 0 Å². The lowest BCUT2D eigenvalue weighted by atomic mass is 9.79. The van der Waals surface area contributed by atoms with Crippen LogP contribution in [0.1, 0.15) is 69.6 Å². The molecule has 0 radical (unpaired) electrons. The maximum Gasteiger partial charge on any atom is 0.246 e. The van der Waals surface area contributed by atoms with Gasteiger partial charge in [-0.1, -0.05) is 39.0 Å². The molecule has 7 heteroatoms. The number of ether oxygens (including phenoxy) is 1. The van der Waals surface area contributed by atoms with Crippen LogP contribution in [0.4, 0.5) is 0 Å². The summed E-state index contributed by atoms with van der Waals surface area (Å²) in [5, 5.41) is 3.20. The number of piperazine rings is 1. The number of hydrogen-bond acceptors (Lipinski definition) is 5. The number of nitrogens with one attached hydrogen (secondary N) is 1. The molecular weight excluding hydrogens is 482 g/mol. The van der Waals surface area contributed by atoms with E-state index < -0.39 is 5.54 Å². The molecule has 1 N–H and O–H groups in total. The summed E-state index contributed by atoms with van der Waals surface area (Å²) in [5.74, 6) is 1.67. The largest absolute Gasteiger partial charge is 0.497 e. The Morgan fingerprint density at radius 1 is 1.03 bits per heavy atom. The summed E-state index contributed by atoms with van der Waals surface area (Å²) in [7, 11) is 1.69. The highest BCUT2D eigenvalue weighted by molar-refractivity contribution is 7.15. The Morgan fingerprint density at radius 3 is 2.43 bits per heavy atom. The summed E-state index contributed by atoms with van der Waals surface area (Å²) in [6.07, 6.45) is 9.29. The molecule has 2 aliphatic heterocycles. The lowest BCUT2D eigenvalue weighted by Crippen LogP contribution is -2.73. The van der Waals surface area contributed by atoms with E-state index in [-0.39, 0.29) is 17.9 Å². The van der Waals surface area contributed by atoms with Crippen molar-refractivity contribution in [3.8, 4) is 16.2 Å². The quantitative estimate of drug-likeness (QED) is 0.499. The monoisotopic (exact) mass is 523 g/mol. The van der Waals surface area contributed by atoms with Crippen molar-refractivity contribution in [1.29, 1.82) is 0 Å². The van der Waals surface area contributed by atoms with E-state index in [0.717, 1.165) is 38.2 Å². The van der Waals surface area contributed by atoms with Crippen LogP contribution in [0.25, 0.3) is 10.4 Å². The van der Waals surface area contributed by atoms with Crippen molar-refractivity contribution in [2.24, 2.45) is 5.92 Å². The Labute approximate surface area is 225 Å². The van der Waals surface area contributed by atoms with Crippen LogP contribution in [-0.2, 0) is 16.1 Å². The molecule has 1 spiro atoms. The molecule has 1 aliphatic carbocycles. The molecule has 3 aliphatic rings. The molecule has 1 saturated carbocycles. The number of methoxy groups -OCH3 is 1. The first kappa shape index (κ1) is 26.2. The Balaban J connectivity index is 1.22. The van der Waals surface area contributed by atoms with Gasteiger partial charge in [0.15, 0.2) is 0 Å². The minimum atomic E-state index is -0.684. The number of benzene rings is 1. The molecule has 2 aromatic rings. The fourth-order valence-corrected chi connectivity index (χ4v) is 7.57. The average molecular weight is 524 g/mol.